The molecular formula is C15H11NO2S. The first-order chi connectivity index (χ1) is 9.31. The van der Waals surface area contributed by atoms with Crippen molar-refractivity contribution in [2.75, 3.05) is 5.32 Å². The number of thiophene rings is 1. The number of hydrogen-bond acceptors (Lipinski definition) is 3. The van der Waals surface area contributed by atoms with Crippen LogP contribution in [-0.4, -0.2) is 6.09 Å². The summed E-state index contributed by atoms with van der Waals surface area (Å²) in [4.78, 5) is 11.7. The maximum Gasteiger partial charge on any atom is 0.417 e. The fraction of sp³-hybridized carbons (Fsp3) is 0. The molecule has 1 N–H and O–H groups in total. The molecule has 1 heterocycles. The second-order valence-corrected chi connectivity index (χ2v) is 5.06. The van der Waals surface area contributed by atoms with E-state index in [1.165, 1.54) is 11.3 Å². The van der Waals surface area contributed by atoms with Gasteiger partial charge in [0.15, 0.2) is 0 Å². The number of anilines is 1. The smallest absolute Gasteiger partial charge is 0.410 e. The van der Waals surface area contributed by atoms with Crippen molar-refractivity contribution in [3.63, 3.8) is 0 Å². The first kappa shape index (κ1) is 11.7. The summed E-state index contributed by atoms with van der Waals surface area (Å²) in [6, 6.07) is 18.9. The number of para-hydroxylation sites is 1. The first-order valence-corrected chi connectivity index (χ1v) is 6.65. The normalized spacial score (nSPS) is 10.3. The van der Waals surface area contributed by atoms with E-state index in [0.29, 0.717) is 5.75 Å². The molecule has 4 heteroatoms. The quantitative estimate of drug-likeness (QED) is 0.743. The lowest BCUT2D eigenvalue weighted by Gasteiger charge is -2.03. The molecule has 1 amide bonds. The zero-order valence-corrected chi connectivity index (χ0v) is 10.8. The molecule has 0 aliphatic rings. The van der Waals surface area contributed by atoms with Crippen LogP contribution in [0.3, 0.4) is 0 Å². The Hall–Kier alpha value is -2.33. The number of carbonyl (C=O) groups excluding carboxylic acids is 1. The van der Waals surface area contributed by atoms with Crippen LogP contribution in [0.5, 0.6) is 5.75 Å². The summed E-state index contributed by atoms with van der Waals surface area (Å²) in [5.41, 5.74) is 0. The molecule has 0 aliphatic carbocycles. The molecule has 0 spiro atoms. The molecule has 94 valence electrons. The van der Waals surface area contributed by atoms with E-state index in [-0.39, 0.29) is 0 Å². The van der Waals surface area contributed by atoms with Crippen LogP contribution in [0.2, 0.25) is 0 Å². The standard InChI is InChI=1S/C15H11NO2S/c17-15(18-12-7-2-1-3-8-12)16-14-10-11-6-4-5-9-13(11)19-14/h1-10H,(H,16,17). The number of amides is 1. The molecule has 0 atom stereocenters. The summed E-state index contributed by atoms with van der Waals surface area (Å²) >= 11 is 1.52. The fourth-order valence-corrected chi connectivity index (χ4v) is 2.71. The van der Waals surface area contributed by atoms with Gasteiger partial charge < -0.3 is 4.74 Å². The minimum atomic E-state index is -0.474. The summed E-state index contributed by atoms with van der Waals surface area (Å²) in [6.07, 6.45) is -0.474. The molecule has 1 aromatic heterocycles. The Bertz CT molecular complexity index is 673. The van der Waals surface area contributed by atoms with E-state index in [1.807, 2.05) is 48.5 Å². The van der Waals surface area contributed by atoms with Crippen molar-refractivity contribution in [1.29, 1.82) is 0 Å². The van der Waals surface area contributed by atoms with E-state index >= 15 is 0 Å². The number of fused-ring (bicyclic) bond motifs is 1. The van der Waals surface area contributed by atoms with Crippen LogP contribution < -0.4 is 10.1 Å². The number of hydrogen-bond donors (Lipinski definition) is 1. The zero-order chi connectivity index (χ0) is 13.1. The van der Waals surface area contributed by atoms with Crippen LogP contribution >= 0.6 is 11.3 Å². The third-order valence-corrected chi connectivity index (χ3v) is 3.64. The van der Waals surface area contributed by atoms with E-state index in [2.05, 4.69) is 5.32 Å². The SMILES string of the molecule is O=C(Nc1cc2ccccc2s1)Oc1ccccc1. The lowest BCUT2D eigenvalue weighted by molar-refractivity contribution is 0.215. The molecule has 0 saturated heterocycles. The molecule has 3 rings (SSSR count). The monoisotopic (exact) mass is 269 g/mol. The maximum atomic E-state index is 11.7. The molecule has 3 aromatic rings. The van der Waals surface area contributed by atoms with E-state index in [1.54, 1.807) is 12.1 Å². The highest BCUT2D eigenvalue weighted by molar-refractivity contribution is 7.22. The first-order valence-electron chi connectivity index (χ1n) is 5.84. The van der Waals surface area contributed by atoms with Gasteiger partial charge in [-0.3, -0.25) is 5.32 Å². The Morgan fingerprint density at radius 3 is 2.53 bits per heavy atom. The van der Waals surface area contributed by atoms with Gasteiger partial charge in [-0.15, -0.1) is 11.3 Å². The van der Waals surface area contributed by atoms with Crippen molar-refractivity contribution < 1.29 is 9.53 Å². The van der Waals surface area contributed by atoms with Gasteiger partial charge in [0.2, 0.25) is 0 Å². The third kappa shape index (κ3) is 2.74. The Kier molecular flexibility index (Phi) is 3.16. The van der Waals surface area contributed by atoms with Crippen LogP contribution in [-0.2, 0) is 0 Å². The molecule has 0 bridgehead atoms. The minimum Gasteiger partial charge on any atom is -0.410 e. The largest absolute Gasteiger partial charge is 0.417 e. The molecule has 3 nitrogen and oxygen atoms in total. The Balaban J connectivity index is 1.72. The van der Waals surface area contributed by atoms with Crippen molar-refractivity contribution in [2.24, 2.45) is 0 Å². The Morgan fingerprint density at radius 1 is 1.00 bits per heavy atom. The van der Waals surface area contributed by atoms with E-state index < -0.39 is 6.09 Å². The maximum absolute atomic E-state index is 11.7. The van der Waals surface area contributed by atoms with Gasteiger partial charge in [-0.2, -0.15) is 0 Å². The summed E-state index contributed by atoms with van der Waals surface area (Å²) < 4.78 is 6.31. The van der Waals surface area contributed by atoms with Crippen molar-refractivity contribution >= 4 is 32.5 Å². The highest BCUT2D eigenvalue weighted by atomic mass is 32.1. The predicted octanol–water partition coefficient (Wildman–Crippen LogP) is 4.51. The summed E-state index contributed by atoms with van der Waals surface area (Å²) in [5.74, 6) is 0.529. The Labute approximate surface area is 114 Å². The summed E-state index contributed by atoms with van der Waals surface area (Å²) in [6.45, 7) is 0. The lowest BCUT2D eigenvalue weighted by atomic mass is 10.3. The van der Waals surface area contributed by atoms with Crippen molar-refractivity contribution in [2.45, 2.75) is 0 Å². The van der Waals surface area contributed by atoms with Crippen molar-refractivity contribution in [3.05, 3.63) is 60.7 Å². The van der Waals surface area contributed by atoms with Gasteiger partial charge in [0.1, 0.15) is 5.75 Å². The van der Waals surface area contributed by atoms with Crippen LogP contribution in [0.15, 0.2) is 60.7 Å². The highest BCUT2D eigenvalue weighted by Gasteiger charge is 2.07. The molecule has 0 radical (unpaired) electrons. The molecular weight excluding hydrogens is 258 g/mol. The average Bonchev–Trinajstić information content (AvgIpc) is 2.81. The summed E-state index contributed by atoms with van der Waals surface area (Å²) in [7, 11) is 0. The molecule has 0 saturated carbocycles. The van der Waals surface area contributed by atoms with Gasteiger partial charge in [0.05, 0.1) is 5.00 Å². The van der Waals surface area contributed by atoms with Crippen LogP contribution in [0.4, 0.5) is 9.80 Å². The second-order valence-electron chi connectivity index (χ2n) is 3.98. The van der Waals surface area contributed by atoms with Crippen LogP contribution in [0, 0.1) is 0 Å². The van der Waals surface area contributed by atoms with E-state index in [4.69, 9.17) is 4.74 Å². The van der Waals surface area contributed by atoms with Gasteiger partial charge in [-0.1, -0.05) is 36.4 Å². The second kappa shape index (κ2) is 5.12. The summed E-state index contributed by atoms with van der Waals surface area (Å²) in [5, 5.41) is 4.63. The van der Waals surface area contributed by atoms with Gasteiger partial charge in [-0.25, -0.2) is 4.79 Å². The lowest BCUT2D eigenvalue weighted by Crippen LogP contribution is -2.15. The topological polar surface area (TPSA) is 38.3 Å². The van der Waals surface area contributed by atoms with Gasteiger partial charge >= 0.3 is 6.09 Å². The zero-order valence-electron chi connectivity index (χ0n) is 10.00. The number of ether oxygens (including phenoxy) is 1. The number of nitrogens with one attached hydrogen (secondary N) is 1. The van der Waals surface area contributed by atoms with E-state index in [9.17, 15) is 4.79 Å². The number of benzene rings is 2. The van der Waals surface area contributed by atoms with Gasteiger partial charge in [0, 0.05) is 4.70 Å². The minimum absolute atomic E-state index is 0.474. The fourth-order valence-electron chi connectivity index (χ4n) is 1.77. The average molecular weight is 269 g/mol. The van der Waals surface area contributed by atoms with E-state index in [0.717, 1.165) is 15.1 Å². The van der Waals surface area contributed by atoms with Crippen LogP contribution in [0.1, 0.15) is 0 Å². The highest BCUT2D eigenvalue weighted by Crippen LogP contribution is 2.29. The molecule has 2 aromatic carbocycles. The molecule has 0 fully saturated rings. The molecule has 19 heavy (non-hydrogen) atoms. The number of rotatable bonds is 2. The van der Waals surface area contributed by atoms with Crippen molar-refractivity contribution in [1.82, 2.24) is 0 Å². The molecule has 0 unspecified atom stereocenters. The predicted molar refractivity (Wildman–Crippen MR) is 77.9 cm³/mol. The number of carbonyl (C=O) groups is 1. The van der Waals surface area contributed by atoms with Crippen LogP contribution in [0.25, 0.3) is 10.1 Å². The van der Waals surface area contributed by atoms with Gasteiger partial charge in [-0.05, 0) is 29.7 Å². The van der Waals surface area contributed by atoms with Crippen molar-refractivity contribution in [3.8, 4) is 5.75 Å². The molecule has 0 aliphatic heterocycles. The third-order valence-electron chi connectivity index (χ3n) is 2.60. The Morgan fingerprint density at radius 2 is 1.74 bits per heavy atom. The van der Waals surface area contributed by atoms with Gasteiger partial charge in [0.25, 0.3) is 0 Å².